The zero-order valence-corrected chi connectivity index (χ0v) is 23.3. The Hall–Kier alpha value is -2.34. The number of nitrogens with zero attached hydrogens (tertiary/aromatic N) is 4. The van der Waals surface area contributed by atoms with Gasteiger partial charge in [-0.1, -0.05) is 25.0 Å². The number of halogens is 1. The van der Waals surface area contributed by atoms with E-state index in [1.165, 1.54) is 24.3 Å². The van der Waals surface area contributed by atoms with Gasteiger partial charge in [0.05, 0.1) is 50.1 Å². The number of ether oxygens (including phenoxy) is 2. The lowest BCUT2D eigenvalue weighted by molar-refractivity contribution is -0.136. The first-order valence-electron chi connectivity index (χ1n) is 14.1. The van der Waals surface area contributed by atoms with E-state index >= 15 is 0 Å². The molecule has 0 radical (unpaired) electrons. The van der Waals surface area contributed by atoms with E-state index in [0.717, 1.165) is 58.2 Å². The van der Waals surface area contributed by atoms with Crippen LogP contribution in [0.2, 0.25) is 0 Å². The second kappa shape index (κ2) is 12.9. The molecule has 1 aromatic heterocycles. The van der Waals surface area contributed by atoms with Crippen molar-refractivity contribution >= 4 is 15.7 Å². The van der Waals surface area contributed by atoms with E-state index in [0.29, 0.717) is 50.7 Å². The van der Waals surface area contributed by atoms with Gasteiger partial charge in [-0.2, -0.15) is 0 Å². The highest BCUT2D eigenvalue weighted by molar-refractivity contribution is 7.90. The molecule has 5 rings (SSSR count). The predicted octanol–water partition coefficient (Wildman–Crippen LogP) is 3.03. The van der Waals surface area contributed by atoms with Crippen molar-refractivity contribution in [3.05, 3.63) is 47.5 Å². The van der Waals surface area contributed by atoms with Crippen LogP contribution in [-0.2, 0) is 42.9 Å². The molecule has 1 atom stereocenters. The summed E-state index contributed by atoms with van der Waals surface area (Å²) in [7, 11) is -3.83. The molecule has 9 nitrogen and oxygen atoms in total. The molecule has 0 unspecified atom stereocenters. The molecule has 1 amide bonds. The van der Waals surface area contributed by atoms with Gasteiger partial charge in [0.15, 0.2) is 0 Å². The van der Waals surface area contributed by atoms with Gasteiger partial charge in [0, 0.05) is 38.7 Å². The minimum Gasteiger partial charge on any atom is -0.379 e. The van der Waals surface area contributed by atoms with E-state index in [4.69, 9.17) is 9.47 Å². The molecule has 1 aromatic carbocycles. The van der Waals surface area contributed by atoms with Gasteiger partial charge in [-0.25, -0.2) is 17.8 Å². The molecule has 3 fully saturated rings. The Morgan fingerprint density at radius 1 is 1.05 bits per heavy atom. The summed E-state index contributed by atoms with van der Waals surface area (Å²) in [6.45, 7) is 5.70. The maximum atomic E-state index is 13.6. The van der Waals surface area contributed by atoms with Crippen LogP contribution in [0.15, 0.2) is 35.6 Å². The van der Waals surface area contributed by atoms with Crippen LogP contribution >= 0.6 is 0 Å². The van der Waals surface area contributed by atoms with Gasteiger partial charge < -0.3 is 18.9 Å². The molecule has 3 heterocycles. The minimum atomic E-state index is -3.83. The number of carbonyl (C=O) groups is 1. The zero-order valence-electron chi connectivity index (χ0n) is 22.5. The minimum absolute atomic E-state index is 0.0194. The molecule has 0 N–H and O–H groups in total. The molecule has 1 saturated carbocycles. The molecular weight excluding hydrogens is 523 g/mol. The normalized spacial score (nSPS) is 21.0. The van der Waals surface area contributed by atoms with Crippen LogP contribution in [0.5, 0.6) is 0 Å². The SMILES string of the molecule is O=C(C1CCCC1)N(CCN1CCOCC1)Cc1cnc(S(=O)(=O)Cc2ccc(F)cc2)n1C[C@@H]1CCCO1. The van der Waals surface area contributed by atoms with E-state index in [-0.39, 0.29) is 28.8 Å². The molecule has 0 bridgehead atoms. The molecule has 2 aromatic rings. The molecule has 2 aliphatic heterocycles. The average Bonchev–Trinajstić information content (AvgIpc) is 3.72. The van der Waals surface area contributed by atoms with Crippen molar-refractivity contribution in [2.75, 3.05) is 46.0 Å². The van der Waals surface area contributed by atoms with Crippen LogP contribution in [0.25, 0.3) is 0 Å². The first kappa shape index (κ1) is 28.2. The summed E-state index contributed by atoms with van der Waals surface area (Å²) in [5, 5.41) is -0.0289. The third-order valence-corrected chi connectivity index (χ3v) is 9.61. The maximum absolute atomic E-state index is 13.6. The van der Waals surface area contributed by atoms with E-state index < -0.39 is 15.7 Å². The van der Waals surface area contributed by atoms with Gasteiger partial charge >= 0.3 is 0 Å². The van der Waals surface area contributed by atoms with Crippen molar-refractivity contribution in [2.45, 2.75) is 68.6 Å². The Labute approximate surface area is 230 Å². The summed E-state index contributed by atoms with van der Waals surface area (Å²) in [5.74, 6) is -0.536. The van der Waals surface area contributed by atoms with Gasteiger partial charge in [-0.3, -0.25) is 9.69 Å². The van der Waals surface area contributed by atoms with Crippen molar-refractivity contribution in [3.8, 4) is 0 Å². The second-order valence-electron chi connectivity index (χ2n) is 10.9. The second-order valence-corrected chi connectivity index (χ2v) is 12.7. The fraction of sp³-hybridized carbons (Fsp3) is 0.643. The fourth-order valence-corrected chi connectivity index (χ4v) is 7.30. The highest BCUT2D eigenvalue weighted by atomic mass is 32.2. The van der Waals surface area contributed by atoms with Crippen LogP contribution in [0.3, 0.4) is 0 Å². The number of morpholine rings is 1. The molecular formula is C28H39FN4O5S. The van der Waals surface area contributed by atoms with E-state index in [1.807, 2.05) is 4.90 Å². The average molecular weight is 563 g/mol. The molecule has 0 spiro atoms. The van der Waals surface area contributed by atoms with Crippen LogP contribution in [-0.4, -0.2) is 85.8 Å². The quantitative estimate of drug-likeness (QED) is 0.416. The number of hydrogen-bond donors (Lipinski definition) is 0. The van der Waals surface area contributed by atoms with E-state index in [1.54, 1.807) is 10.8 Å². The summed E-state index contributed by atoms with van der Waals surface area (Å²) in [4.78, 5) is 22.2. The monoisotopic (exact) mass is 562 g/mol. The smallest absolute Gasteiger partial charge is 0.228 e. The van der Waals surface area contributed by atoms with Gasteiger partial charge in [0.25, 0.3) is 0 Å². The molecule has 214 valence electrons. The Bertz CT molecular complexity index is 1200. The van der Waals surface area contributed by atoms with E-state index in [2.05, 4.69) is 9.88 Å². The number of benzene rings is 1. The highest BCUT2D eigenvalue weighted by Crippen LogP contribution is 2.28. The Balaban J connectivity index is 1.40. The number of rotatable bonds is 11. The highest BCUT2D eigenvalue weighted by Gasteiger charge is 2.31. The van der Waals surface area contributed by atoms with E-state index in [9.17, 15) is 17.6 Å². The van der Waals surface area contributed by atoms with Crippen molar-refractivity contribution < 1.29 is 27.1 Å². The number of aromatic nitrogens is 2. The van der Waals surface area contributed by atoms with Crippen molar-refractivity contribution in [3.63, 3.8) is 0 Å². The van der Waals surface area contributed by atoms with Crippen LogP contribution < -0.4 is 0 Å². The maximum Gasteiger partial charge on any atom is 0.228 e. The third-order valence-electron chi connectivity index (χ3n) is 8.02. The molecule has 39 heavy (non-hydrogen) atoms. The van der Waals surface area contributed by atoms with Gasteiger partial charge in [-0.05, 0) is 43.4 Å². The number of amides is 1. The summed E-state index contributed by atoms with van der Waals surface area (Å²) in [6.07, 6.45) is 7.20. The van der Waals surface area contributed by atoms with Crippen molar-refractivity contribution in [2.24, 2.45) is 5.92 Å². The lowest BCUT2D eigenvalue weighted by Gasteiger charge is -2.31. The van der Waals surface area contributed by atoms with Gasteiger partial charge in [0.1, 0.15) is 5.82 Å². The lowest BCUT2D eigenvalue weighted by Crippen LogP contribution is -2.44. The Morgan fingerprint density at radius 2 is 1.79 bits per heavy atom. The Morgan fingerprint density at radius 3 is 2.49 bits per heavy atom. The first-order chi connectivity index (χ1) is 18.9. The van der Waals surface area contributed by atoms with Crippen LogP contribution in [0, 0.1) is 11.7 Å². The largest absolute Gasteiger partial charge is 0.379 e. The van der Waals surface area contributed by atoms with Crippen LogP contribution in [0.4, 0.5) is 4.39 Å². The number of hydrogen-bond acceptors (Lipinski definition) is 7. The zero-order chi connectivity index (χ0) is 27.2. The molecule has 1 aliphatic carbocycles. The lowest BCUT2D eigenvalue weighted by atomic mass is 10.1. The number of carbonyl (C=O) groups excluding carboxylic acids is 1. The fourth-order valence-electron chi connectivity index (χ4n) is 5.80. The van der Waals surface area contributed by atoms with Gasteiger partial charge in [-0.15, -0.1) is 0 Å². The summed E-state index contributed by atoms with van der Waals surface area (Å²) in [6, 6.07) is 5.48. The predicted molar refractivity (Wildman–Crippen MR) is 143 cm³/mol. The van der Waals surface area contributed by atoms with Crippen molar-refractivity contribution in [1.29, 1.82) is 0 Å². The topological polar surface area (TPSA) is 94.0 Å². The van der Waals surface area contributed by atoms with Crippen LogP contribution in [0.1, 0.15) is 49.8 Å². The molecule has 2 saturated heterocycles. The van der Waals surface area contributed by atoms with Gasteiger partial charge in [0.2, 0.25) is 20.9 Å². The first-order valence-corrected chi connectivity index (χ1v) is 15.8. The molecule has 11 heteroatoms. The van der Waals surface area contributed by atoms with Crippen molar-refractivity contribution in [1.82, 2.24) is 19.4 Å². The summed E-state index contributed by atoms with van der Waals surface area (Å²) < 4.78 is 53.5. The third kappa shape index (κ3) is 7.25. The molecule has 3 aliphatic rings. The number of imidazole rings is 1. The number of sulfone groups is 1. The standard InChI is InChI=1S/C28H39FN4O5S/c29-24-9-7-22(8-10-24)21-39(35,36)28-30-18-25(33(28)20-26-6-3-15-38-26)19-32(27(34)23-4-1-2-5-23)12-11-31-13-16-37-17-14-31/h7-10,18,23,26H,1-6,11-17,19-21H2/t26-/m0/s1. The summed E-state index contributed by atoms with van der Waals surface area (Å²) >= 11 is 0. The Kier molecular flexibility index (Phi) is 9.32. The summed E-state index contributed by atoms with van der Waals surface area (Å²) in [5.41, 5.74) is 1.18.